The van der Waals surface area contributed by atoms with E-state index in [4.69, 9.17) is 0 Å². The number of rotatable bonds is 7. The first-order valence-electron chi connectivity index (χ1n) is 9.81. The molecule has 1 fully saturated rings. The van der Waals surface area contributed by atoms with E-state index >= 15 is 0 Å². The lowest BCUT2D eigenvalue weighted by atomic mass is 9.97. The van der Waals surface area contributed by atoms with Gasteiger partial charge in [0, 0.05) is 18.8 Å². The summed E-state index contributed by atoms with van der Waals surface area (Å²) in [5.74, 6) is -0.0963. The van der Waals surface area contributed by atoms with Gasteiger partial charge in [-0.1, -0.05) is 30.4 Å². The Morgan fingerprint density at radius 1 is 1.21 bits per heavy atom. The van der Waals surface area contributed by atoms with Gasteiger partial charge in [-0.15, -0.1) is 10.2 Å². The SMILES string of the molecule is CCNC(=O)C1CCCN(Cc2nnc(C(=O)Nc3ccc(CC)cc3)s2)C1. The Balaban J connectivity index is 1.55. The van der Waals surface area contributed by atoms with Gasteiger partial charge in [-0.05, 0) is 50.4 Å². The Bertz CT molecular complexity index is 805. The van der Waals surface area contributed by atoms with Crippen LogP contribution in [0.3, 0.4) is 0 Å². The Kier molecular flexibility index (Phi) is 7.11. The molecule has 1 atom stereocenters. The van der Waals surface area contributed by atoms with E-state index in [1.165, 1.54) is 16.9 Å². The fraction of sp³-hybridized carbons (Fsp3) is 0.500. The molecular formula is C20H27N5O2S. The first-order valence-corrected chi connectivity index (χ1v) is 10.6. The summed E-state index contributed by atoms with van der Waals surface area (Å²) >= 11 is 1.30. The number of nitrogens with one attached hydrogen (secondary N) is 2. The van der Waals surface area contributed by atoms with Crippen LogP contribution in [0.15, 0.2) is 24.3 Å². The molecular weight excluding hydrogens is 374 g/mol. The molecule has 0 spiro atoms. The minimum atomic E-state index is -0.244. The van der Waals surface area contributed by atoms with E-state index in [2.05, 4.69) is 32.7 Å². The largest absolute Gasteiger partial charge is 0.356 e. The first kappa shape index (κ1) is 20.4. The van der Waals surface area contributed by atoms with Gasteiger partial charge in [-0.2, -0.15) is 0 Å². The molecule has 150 valence electrons. The van der Waals surface area contributed by atoms with Crippen LogP contribution >= 0.6 is 11.3 Å². The smallest absolute Gasteiger partial charge is 0.286 e. The summed E-state index contributed by atoms with van der Waals surface area (Å²) in [5.41, 5.74) is 1.98. The summed E-state index contributed by atoms with van der Waals surface area (Å²) in [5, 5.41) is 15.1. The molecule has 2 amide bonds. The molecule has 0 aliphatic carbocycles. The molecule has 28 heavy (non-hydrogen) atoms. The van der Waals surface area contributed by atoms with Crippen molar-refractivity contribution in [3.63, 3.8) is 0 Å². The van der Waals surface area contributed by atoms with Crippen molar-refractivity contribution in [3.05, 3.63) is 39.8 Å². The molecule has 8 heteroatoms. The second-order valence-electron chi connectivity index (χ2n) is 6.97. The van der Waals surface area contributed by atoms with Gasteiger partial charge in [0.15, 0.2) is 0 Å². The third-order valence-electron chi connectivity index (χ3n) is 4.87. The number of amides is 2. The Labute approximate surface area is 169 Å². The van der Waals surface area contributed by atoms with Crippen LogP contribution in [-0.2, 0) is 17.8 Å². The van der Waals surface area contributed by atoms with E-state index < -0.39 is 0 Å². The topological polar surface area (TPSA) is 87.2 Å². The Hall–Kier alpha value is -2.32. The average molecular weight is 402 g/mol. The number of benzene rings is 1. The summed E-state index contributed by atoms with van der Waals surface area (Å²) in [6.07, 6.45) is 2.87. The van der Waals surface area contributed by atoms with Crippen molar-refractivity contribution in [1.29, 1.82) is 0 Å². The molecule has 0 saturated carbocycles. The maximum absolute atomic E-state index is 12.4. The molecule has 1 saturated heterocycles. The number of nitrogens with zero attached hydrogens (tertiary/aromatic N) is 3. The summed E-state index contributed by atoms with van der Waals surface area (Å²) in [6, 6.07) is 7.80. The zero-order valence-electron chi connectivity index (χ0n) is 16.4. The number of aromatic nitrogens is 2. The average Bonchev–Trinajstić information content (AvgIpc) is 3.17. The minimum absolute atomic E-state index is 0.0236. The summed E-state index contributed by atoms with van der Waals surface area (Å²) < 4.78 is 0. The molecule has 1 aliphatic rings. The molecule has 1 unspecified atom stereocenters. The van der Waals surface area contributed by atoms with Crippen LogP contribution in [0.5, 0.6) is 0 Å². The number of likely N-dealkylation sites (tertiary alicyclic amines) is 1. The van der Waals surface area contributed by atoms with Gasteiger partial charge in [0.2, 0.25) is 10.9 Å². The van der Waals surface area contributed by atoms with Gasteiger partial charge in [-0.25, -0.2) is 0 Å². The fourth-order valence-corrected chi connectivity index (χ4v) is 4.12. The molecule has 2 heterocycles. The highest BCUT2D eigenvalue weighted by molar-refractivity contribution is 7.13. The normalized spacial score (nSPS) is 17.3. The number of hydrogen-bond acceptors (Lipinski definition) is 6. The van der Waals surface area contributed by atoms with E-state index in [9.17, 15) is 9.59 Å². The molecule has 7 nitrogen and oxygen atoms in total. The zero-order valence-corrected chi connectivity index (χ0v) is 17.2. The molecule has 1 aliphatic heterocycles. The fourth-order valence-electron chi connectivity index (χ4n) is 3.34. The van der Waals surface area contributed by atoms with Crippen LogP contribution in [0.4, 0.5) is 5.69 Å². The lowest BCUT2D eigenvalue weighted by Gasteiger charge is -2.31. The third-order valence-corrected chi connectivity index (χ3v) is 5.77. The van der Waals surface area contributed by atoms with Crippen molar-refractivity contribution in [2.75, 3.05) is 25.0 Å². The van der Waals surface area contributed by atoms with Crippen molar-refractivity contribution in [3.8, 4) is 0 Å². The highest BCUT2D eigenvalue weighted by Gasteiger charge is 2.26. The van der Waals surface area contributed by atoms with Gasteiger partial charge in [0.25, 0.3) is 5.91 Å². The van der Waals surface area contributed by atoms with Gasteiger partial charge < -0.3 is 10.6 Å². The quantitative estimate of drug-likeness (QED) is 0.745. The van der Waals surface area contributed by atoms with Crippen LogP contribution in [0, 0.1) is 5.92 Å². The highest BCUT2D eigenvalue weighted by atomic mass is 32.1. The molecule has 2 aromatic rings. The molecule has 0 bridgehead atoms. The molecule has 1 aromatic heterocycles. The van der Waals surface area contributed by atoms with Gasteiger partial charge >= 0.3 is 0 Å². The second kappa shape index (κ2) is 9.75. The Morgan fingerprint density at radius 3 is 2.71 bits per heavy atom. The summed E-state index contributed by atoms with van der Waals surface area (Å²) in [4.78, 5) is 26.7. The number of piperidine rings is 1. The van der Waals surface area contributed by atoms with Crippen LogP contribution in [0.1, 0.15) is 47.1 Å². The minimum Gasteiger partial charge on any atom is -0.356 e. The van der Waals surface area contributed by atoms with E-state index in [0.717, 1.165) is 43.0 Å². The van der Waals surface area contributed by atoms with E-state index in [0.29, 0.717) is 18.1 Å². The molecule has 3 rings (SSSR count). The summed E-state index contributed by atoms with van der Waals surface area (Å²) in [7, 11) is 0. The number of carbonyl (C=O) groups is 2. The van der Waals surface area contributed by atoms with Crippen LogP contribution < -0.4 is 10.6 Å². The van der Waals surface area contributed by atoms with E-state index in [1.54, 1.807) is 0 Å². The van der Waals surface area contributed by atoms with E-state index in [1.807, 2.05) is 31.2 Å². The van der Waals surface area contributed by atoms with Crippen LogP contribution in [0.25, 0.3) is 0 Å². The zero-order chi connectivity index (χ0) is 19.9. The number of hydrogen-bond donors (Lipinski definition) is 2. The van der Waals surface area contributed by atoms with Crippen molar-refractivity contribution < 1.29 is 9.59 Å². The predicted molar refractivity (Wildman–Crippen MR) is 110 cm³/mol. The number of carbonyl (C=O) groups excluding carboxylic acids is 2. The maximum Gasteiger partial charge on any atom is 0.286 e. The molecule has 1 aromatic carbocycles. The highest BCUT2D eigenvalue weighted by Crippen LogP contribution is 2.21. The number of aryl methyl sites for hydroxylation is 1. The standard InChI is InChI=1S/C20H27N5O2S/c1-3-14-7-9-16(10-8-14)22-19(27)20-24-23-17(28-20)13-25-11-5-6-15(12-25)18(26)21-4-2/h7-10,15H,3-6,11-13H2,1-2H3,(H,21,26)(H,22,27). The molecule has 0 radical (unpaired) electrons. The van der Waals surface area contributed by atoms with Gasteiger partial charge in [-0.3, -0.25) is 14.5 Å². The lowest BCUT2D eigenvalue weighted by molar-refractivity contribution is -0.126. The maximum atomic E-state index is 12.4. The Morgan fingerprint density at radius 2 is 2.00 bits per heavy atom. The van der Waals surface area contributed by atoms with Crippen molar-refractivity contribution in [2.45, 2.75) is 39.7 Å². The second-order valence-corrected chi connectivity index (χ2v) is 8.04. The van der Waals surface area contributed by atoms with Gasteiger partial charge in [0.05, 0.1) is 12.5 Å². The molecule has 2 N–H and O–H groups in total. The van der Waals surface area contributed by atoms with E-state index in [-0.39, 0.29) is 17.7 Å². The summed E-state index contributed by atoms with van der Waals surface area (Å²) in [6.45, 7) is 6.95. The lowest BCUT2D eigenvalue weighted by Crippen LogP contribution is -2.42. The van der Waals surface area contributed by atoms with Crippen LogP contribution in [0.2, 0.25) is 0 Å². The van der Waals surface area contributed by atoms with Crippen molar-refractivity contribution in [1.82, 2.24) is 20.4 Å². The van der Waals surface area contributed by atoms with Crippen LogP contribution in [-0.4, -0.2) is 46.5 Å². The predicted octanol–water partition coefficient (Wildman–Crippen LogP) is 2.70. The number of anilines is 1. The van der Waals surface area contributed by atoms with Gasteiger partial charge in [0.1, 0.15) is 5.01 Å². The van der Waals surface area contributed by atoms with Crippen molar-refractivity contribution >= 4 is 28.8 Å². The monoisotopic (exact) mass is 401 g/mol. The third kappa shape index (κ3) is 5.36. The van der Waals surface area contributed by atoms with Crippen molar-refractivity contribution in [2.24, 2.45) is 5.92 Å². The first-order chi connectivity index (χ1) is 13.6.